The number of carbonyl (C=O) groups is 2. The average molecular weight is 250 g/mol. The molecule has 0 aromatic carbocycles. The lowest BCUT2D eigenvalue weighted by Crippen LogP contribution is -2.41. The molecule has 1 aliphatic carbocycles. The van der Waals surface area contributed by atoms with Gasteiger partial charge < -0.3 is 4.74 Å². The summed E-state index contributed by atoms with van der Waals surface area (Å²) >= 11 is 0. The van der Waals surface area contributed by atoms with Crippen molar-refractivity contribution in [2.24, 2.45) is 11.8 Å². The molecule has 1 saturated heterocycles. The highest BCUT2D eigenvalue weighted by atomic mass is 16.6. The maximum Gasteiger partial charge on any atom is 0.411 e. The van der Waals surface area contributed by atoms with Crippen LogP contribution >= 0.6 is 0 Å². The summed E-state index contributed by atoms with van der Waals surface area (Å²) in [5.74, 6) is 0.332. The Bertz CT molecular complexity index is 419. The first-order valence-corrected chi connectivity index (χ1v) is 6.23. The molecular weight excluding hydrogens is 232 g/mol. The SMILES string of the molecule is CC(C)(C)OC(=O)N1CC2CC(=O)CC2C1C#N. The number of Topliss-reactive ketones (excluding diaryl/α,β-unsaturated/α-hetero) is 1. The standard InChI is InChI=1S/C13H18N2O3/c1-13(2,3)18-12(17)15-7-8-4-9(16)5-10(8)11(15)6-14/h8,10-11H,4-5,7H2,1-3H3. The molecule has 0 N–H and O–H groups in total. The minimum atomic E-state index is -0.565. The molecule has 0 spiro atoms. The molecule has 3 unspecified atom stereocenters. The number of hydrogen-bond donors (Lipinski definition) is 0. The number of amides is 1. The number of nitrogens with zero attached hydrogens (tertiary/aromatic N) is 2. The van der Waals surface area contributed by atoms with Gasteiger partial charge in [0.05, 0.1) is 6.07 Å². The van der Waals surface area contributed by atoms with Crippen molar-refractivity contribution in [3.05, 3.63) is 0 Å². The van der Waals surface area contributed by atoms with Gasteiger partial charge in [0.25, 0.3) is 0 Å². The second kappa shape index (κ2) is 4.27. The summed E-state index contributed by atoms with van der Waals surface area (Å²) in [6, 6.07) is 1.63. The number of ketones is 1. The third-order valence-corrected chi connectivity index (χ3v) is 3.49. The molecule has 0 bridgehead atoms. The van der Waals surface area contributed by atoms with Gasteiger partial charge in [0.2, 0.25) is 0 Å². The van der Waals surface area contributed by atoms with Gasteiger partial charge in [0.1, 0.15) is 17.4 Å². The van der Waals surface area contributed by atoms with E-state index in [1.54, 1.807) is 20.8 Å². The Morgan fingerprint density at radius 2 is 2.11 bits per heavy atom. The zero-order valence-electron chi connectivity index (χ0n) is 11.0. The Morgan fingerprint density at radius 1 is 1.44 bits per heavy atom. The van der Waals surface area contributed by atoms with Crippen LogP contribution in [0.3, 0.4) is 0 Å². The summed E-state index contributed by atoms with van der Waals surface area (Å²) < 4.78 is 5.30. The van der Waals surface area contributed by atoms with Crippen LogP contribution in [-0.2, 0) is 9.53 Å². The molecule has 5 nitrogen and oxygen atoms in total. The van der Waals surface area contributed by atoms with Crippen molar-refractivity contribution in [3.63, 3.8) is 0 Å². The van der Waals surface area contributed by atoms with Crippen molar-refractivity contribution in [3.8, 4) is 6.07 Å². The van der Waals surface area contributed by atoms with Crippen molar-refractivity contribution in [2.75, 3.05) is 6.54 Å². The van der Waals surface area contributed by atoms with Crippen LogP contribution in [0.5, 0.6) is 0 Å². The van der Waals surface area contributed by atoms with E-state index in [0.717, 1.165) is 0 Å². The second-order valence-corrected chi connectivity index (χ2v) is 6.08. The molecular formula is C13H18N2O3. The Labute approximate surface area is 107 Å². The number of fused-ring (bicyclic) bond motifs is 1. The van der Waals surface area contributed by atoms with Crippen LogP contribution in [0.4, 0.5) is 4.79 Å². The Morgan fingerprint density at radius 3 is 2.67 bits per heavy atom. The van der Waals surface area contributed by atoms with Crippen LogP contribution in [0.1, 0.15) is 33.6 Å². The molecule has 5 heteroatoms. The maximum atomic E-state index is 12.0. The molecule has 1 saturated carbocycles. The van der Waals surface area contributed by atoms with Crippen molar-refractivity contribution in [1.82, 2.24) is 4.90 Å². The molecule has 2 aliphatic rings. The van der Waals surface area contributed by atoms with E-state index in [2.05, 4.69) is 6.07 Å². The number of hydrogen-bond acceptors (Lipinski definition) is 4. The second-order valence-electron chi connectivity index (χ2n) is 6.08. The van der Waals surface area contributed by atoms with Gasteiger partial charge in [0, 0.05) is 25.3 Å². The lowest BCUT2D eigenvalue weighted by Gasteiger charge is -2.27. The van der Waals surface area contributed by atoms with Gasteiger partial charge in [-0.2, -0.15) is 5.26 Å². The molecule has 18 heavy (non-hydrogen) atoms. The molecule has 1 heterocycles. The van der Waals surface area contributed by atoms with Crippen molar-refractivity contribution in [1.29, 1.82) is 5.26 Å². The van der Waals surface area contributed by atoms with Gasteiger partial charge in [-0.05, 0) is 26.7 Å². The average Bonchev–Trinajstić information content (AvgIpc) is 2.70. The van der Waals surface area contributed by atoms with Crippen LogP contribution in [0, 0.1) is 23.2 Å². The molecule has 0 radical (unpaired) electrons. The number of rotatable bonds is 0. The molecule has 2 fully saturated rings. The normalized spacial score (nSPS) is 31.1. The Hall–Kier alpha value is -1.57. The molecule has 2 rings (SSSR count). The Balaban J connectivity index is 2.10. The van der Waals surface area contributed by atoms with Crippen LogP contribution in [0.2, 0.25) is 0 Å². The topological polar surface area (TPSA) is 70.4 Å². The van der Waals surface area contributed by atoms with E-state index in [9.17, 15) is 14.9 Å². The summed E-state index contributed by atoms with van der Waals surface area (Å²) in [6.07, 6.45) is 0.459. The highest BCUT2D eigenvalue weighted by Gasteiger charge is 2.49. The van der Waals surface area contributed by atoms with Gasteiger partial charge in [-0.1, -0.05) is 0 Å². The van der Waals surface area contributed by atoms with Crippen LogP contribution in [0.15, 0.2) is 0 Å². The maximum absolute atomic E-state index is 12.0. The van der Waals surface area contributed by atoms with E-state index >= 15 is 0 Å². The monoisotopic (exact) mass is 250 g/mol. The highest BCUT2D eigenvalue weighted by Crippen LogP contribution is 2.40. The van der Waals surface area contributed by atoms with Crippen molar-refractivity contribution in [2.45, 2.75) is 45.3 Å². The van der Waals surface area contributed by atoms with Gasteiger partial charge in [0.15, 0.2) is 0 Å². The lowest BCUT2D eigenvalue weighted by molar-refractivity contribution is -0.118. The van der Waals surface area contributed by atoms with E-state index in [-0.39, 0.29) is 17.6 Å². The molecule has 1 aliphatic heterocycles. The number of carbonyl (C=O) groups excluding carboxylic acids is 2. The fourth-order valence-corrected chi connectivity index (χ4v) is 2.80. The largest absolute Gasteiger partial charge is 0.444 e. The first kappa shape index (κ1) is 12.9. The van der Waals surface area contributed by atoms with E-state index in [0.29, 0.717) is 19.4 Å². The van der Waals surface area contributed by atoms with Gasteiger partial charge in [-0.3, -0.25) is 9.69 Å². The van der Waals surface area contributed by atoms with E-state index in [1.807, 2.05) is 0 Å². The zero-order valence-corrected chi connectivity index (χ0v) is 11.0. The van der Waals surface area contributed by atoms with Gasteiger partial charge in [-0.25, -0.2) is 4.79 Å². The first-order valence-electron chi connectivity index (χ1n) is 6.23. The van der Waals surface area contributed by atoms with Gasteiger partial charge >= 0.3 is 6.09 Å². The Kier molecular flexibility index (Phi) is 3.05. The van der Waals surface area contributed by atoms with E-state index < -0.39 is 17.7 Å². The van der Waals surface area contributed by atoms with Crippen LogP contribution < -0.4 is 0 Å². The minimum Gasteiger partial charge on any atom is -0.444 e. The summed E-state index contributed by atoms with van der Waals surface area (Å²) in [4.78, 5) is 24.9. The minimum absolute atomic E-state index is 0.00461. The van der Waals surface area contributed by atoms with Crippen molar-refractivity contribution >= 4 is 11.9 Å². The highest BCUT2D eigenvalue weighted by molar-refractivity contribution is 5.82. The number of nitriles is 1. The predicted molar refractivity (Wildman–Crippen MR) is 63.6 cm³/mol. The fourth-order valence-electron chi connectivity index (χ4n) is 2.80. The van der Waals surface area contributed by atoms with E-state index in [1.165, 1.54) is 4.90 Å². The summed E-state index contributed by atoms with van der Waals surface area (Å²) in [5.41, 5.74) is -0.565. The lowest BCUT2D eigenvalue weighted by atomic mass is 9.95. The molecule has 0 aromatic heterocycles. The smallest absolute Gasteiger partial charge is 0.411 e. The summed E-state index contributed by atoms with van der Waals surface area (Å²) in [6.45, 7) is 5.86. The summed E-state index contributed by atoms with van der Waals surface area (Å²) in [7, 11) is 0. The van der Waals surface area contributed by atoms with Crippen LogP contribution in [0.25, 0.3) is 0 Å². The molecule has 3 atom stereocenters. The van der Waals surface area contributed by atoms with E-state index in [4.69, 9.17) is 4.74 Å². The summed E-state index contributed by atoms with van der Waals surface area (Å²) in [5, 5.41) is 9.21. The third kappa shape index (κ3) is 2.33. The molecule has 1 amide bonds. The third-order valence-electron chi connectivity index (χ3n) is 3.49. The van der Waals surface area contributed by atoms with Crippen molar-refractivity contribution < 1.29 is 14.3 Å². The number of ether oxygens (including phenoxy) is 1. The molecule has 0 aromatic rings. The fraction of sp³-hybridized carbons (Fsp3) is 0.769. The van der Waals surface area contributed by atoms with Gasteiger partial charge in [-0.15, -0.1) is 0 Å². The molecule has 98 valence electrons. The van der Waals surface area contributed by atoms with Crippen LogP contribution in [-0.4, -0.2) is 35.0 Å². The quantitative estimate of drug-likeness (QED) is 0.656. The predicted octanol–water partition coefficient (Wildman–Crippen LogP) is 1.72. The number of likely N-dealkylation sites (tertiary alicyclic amines) is 1. The zero-order chi connectivity index (χ0) is 13.5. The first-order chi connectivity index (χ1) is 8.31.